The molecule has 0 atom stereocenters. The molecule has 1 aromatic heterocycles. The Hall–Kier alpha value is -2.10. The zero-order valence-corrected chi connectivity index (χ0v) is 9.65. The Bertz CT molecular complexity index is 625. The van der Waals surface area contributed by atoms with Crippen LogP contribution in [0, 0.1) is 6.92 Å². The SMILES string of the molecule is CCOC(=O)c1c(C)oc2c(=O)ccccc12. The van der Waals surface area contributed by atoms with Gasteiger partial charge in [0.05, 0.1) is 6.61 Å². The molecule has 0 aliphatic carbocycles. The van der Waals surface area contributed by atoms with E-state index in [1.807, 2.05) is 0 Å². The van der Waals surface area contributed by atoms with Crippen LogP contribution in [0.25, 0.3) is 11.0 Å². The summed E-state index contributed by atoms with van der Waals surface area (Å²) >= 11 is 0. The molecule has 0 bridgehead atoms. The van der Waals surface area contributed by atoms with Crippen molar-refractivity contribution >= 4 is 16.9 Å². The van der Waals surface area contributed by atoms with Gasteiger partial charge >= 0.3 is 5.97 Å². The van der Waals surface area contributed by atoms with Crippen LogP contribution in [-0.2, 0) is 4.74 Å². The second-order valence-corrected chi connectivity index (χ2v) is 3.58. The minimum absolute atomic E-state index is 0.190. The first-order valence-electron chi connectivity index (χ1n) is 5.34. The van der Waals surface area contributed by atoms with Crippen molar-refractivity contribution in [3.05, 3.63) is 45.8 Å². The van der Waals surface area contributed by atoms with Gasteiger partial charge in [0.1, 0.15) is 11.3 Å². The van der Waals surface area contributed by atoms with Crippen molar-refractivity contribution < 1.29 is 13.9 Å². The highest BCUT2D eigenvalue weighted by Crippen LogP contribution is 2.23. The molecule has 2 aromatic rings. The average Bonchev–Trinajstić information content (AvgIpc) is 2.52. The molecule has 0 aliphatic rings. The lowest BCUT2D eigenvalue weighted by atomic mass is 10.2. The van der Waals surface area contributed by atoms with Gasteiger partial charge in [-0.05, 0) is 19.9 Å². The largest absolute Gasteiger partial charge is 0.462 e. The number of aryl methyl sites for hydroxylation is 1. The van der Waals surface area contributed by atoms with Gasteiger partial charge in [-0.1, -0.05) is 18.2 Å². The number of carbonyl (C=O) groups excluding carboxylic acids is 1. The molecule has 0 unspecified atom stereocenters. The van der Waals surface area contributed by atoms with Gasteiger partial charge in [-0.15, -0.1) is 0 Å². The number of hydrogen-bond acceptors (Lipinski definition) is 4. The van der Waals surface area contributed by atoms with Crippen LogP contribution >= 0.6 is 0 Å². The van der Waals surface area contributed by atoms with E-state index in [0.717, 1.165) is 0 Å². The van der Waals surface area contributed by atoms with Gasteiger partial charge in [0.25, 0.3) is 0 Å². The lowest BCUT2D eigenvalue weighted by Crippen LogP contribution is -2.05. The van der Waals surface area contributed by atoms with Crippen molar-refractivity contribution in [2.75, 3.05) is 6.61 Å². The minimum Gasteiger partial charge on any atom is -0.462 e. The third-order valence-corrected chi connectivity index (χ3v) is 2.45. The van der Waals surface area contributed by atoms with E-state index in [4.69, 9.17) is 9.15 Å². The molecule has 0 saturated heterocycles. The van der Waals surface area contributed by atoms with E-state index in [0.29, 0.717) is 16.7 Å². The summed E-state index contributed by atoms with van der Waals surface area (Å²) in [6, 6.07) is 6.39. The Morgan fingerprint density at radius 1 is 1.35 bits per heavy atom. The van der Waals surface area contributed by atoms with Crippen molar-refractivity contribution in [1.82, 2.24) is 0 Å². The van der Waals surface area contributed by atoms with Crippen molar-refractivity contribution in [2.45, 2.75) is 13.8 Å². The van der Waals surface area contributed by atoms with Crippen molar-refractivity contribution in [3.63, 3.8) is 0 Å². The number of esters is 1. The lowest BCUT2D eigenvalue weighted by Gasteiger charge is -1.99. The molecule has 0 aliphatic heterocycles. The molecule has 1 aromatic carbocycles. The quantitative estimate of drug-likeness (QED) is 0.745. The molecule has 0 spiro atoms. The molecule has 4 nitrogen and oxygen atoms in total. The highest BCUT2D eigenvalue weighted by atomic mass is 16.5. The van der Waals surface area contributed by atoms with E-state index >= 15 is 0 Å². The average molecular weight is 232 g/mol. The summed E-state index contributed by atoms with van der Waals surface area (Å²) in [5, 5.41) is 0.496. The van der Waals surface area contributed by atoms with E-state index < -0.39 is 5.97 Å². The molecule has 2 rings (SSSR count). The smallest absolute Gasteiger partial charge is 0.342 e. The number of rotatable bonds is 2. The fraction of sp³-hybridized carbons (Fsp3) is 0.231. The zero-order chi connectivity index (χ0) is 12.4. The molecule has 17 heavy (non-hydrogen) atoms. The maximum absolute atomic E-state index is 11.8. The molecule has 0 saturated carbocycles. The molecule has 0 amide bonds. The Morgan fingerprint density at radius 3 is 2.76 bits per heavy atom. The van der Waals surface area contributed by atoms with Crippen LogP contribution in [0.4, 0.5) is 0 Å². The van der Waals surface area contributed by atoms with Gasteiger partial charge in [0, 0.05) is 5.39 Å². The van der Waals surface area contributed by atoms with Crippen molar-refractivity contribution in [2.24, 2.45) is 0 Å². The topological polar surface area (TPSA) is 56.5 Å². The summed E-state index contributed by atoms with van der Waals surface area (Å²) in [6.45, 7) is 3.66. The van der Waals surface area contributed by atoms with Gasteiger partial charge in [0.2, 0.25) is 5.43 Å². The highest BCUT2D eigenvalue weighted by Gasteiger charge is 2.19. The fourth-order valence-corrected chi connectivity index (χ4v) is 1.73. The summed E-state index contributed by atoms with van der Waals surface area (Å²) in [5.41, 5.74) is 0.273. The normalized spacial score (nSPS) is 10.5. The van der Waals surface area contributed by atoms with Crippen LogP contribution in [0.3, 0.4) is 0 Å². The predicted molar refractivity (Wildman–Crippen MR) is 63.2 cm³/mol. The zero-order valence-electron chi connectivity index (χ0n) is 9.65. The minimum atomic E-state index is -0.464. The van der Waals surface area contributed by atoms with E-state index in [1.54, 1.807) is 32.0 Å². The summed E-state index contributed by atoms with van der Waals surface area (Å²) in [6.07, 6.45) is 0. The molecule has 0 N–H and O–H groups in total. The number of furan rings is 1. The second kappa shape index (κ2) is 4.41. The van der Waals surface area contributed by atoms with Gasteiger partial charge < -0.3 is 9.15 Å². The maximum atomic E-state index is 11.8. The Labute approximate surface area is 97.8 Å². The summed E-state index contributed by atoms with van der Waals surface area (Å²) in [5.74, 6) is -0.0592. The van der Waals surface area contributed by atoms with Crippen LogP contribution in [0.15, 0.2) is 33.5 Å². The first-order valence-corrected chi connectivity index (χ1v) is 5.34. The second-order valence-electron chi connectivity index (χ2n) is 3.58. The lowest BCUT2D eigenvalue weighted by molar-refractivity contribution is 0.0526. The van der Waals surface area contributed by atoms with Crippen LogP contribution in [-0.4, -0.2) is 12.6 Å². The molecular formula is C13H12O4. The predicted octanol–water partition coefficient (Wildman–Crippen LogP) is 2.28. The van der Waals surface area contributed by atoms with Crippen molar-refractivity contribution in [1.29, 1.82) is 0 Å². The molecule has 0 radical (unpaired) electrons. The van der Waals surface area contributed by atoms with Crippen LogP contribution < -0.4 is 5.43 Å². The summed E-state index contributed by atoms with van der Waals surface area (Å²) in [7, 11) is 0. The number of ether oxygens (including phenoxy) is 1. The van der Waals surface area contributed by atoms with E-state index in [-0.39, 0.29) is 17.6 Å². The fourth-order valence-electron chi connectivity index (χ4n) is 1.73. The Kier molecular flexibility index (Phi) is 2.95. The van der Waals surface area contributed by atoms with E-state index in [9.17, 15) is 9.59 Å². The Balaban J connectivity index is 2.77. The number of hydrogen-bond donors (Lipinski definition) is 0. The first kappa shape index (κ1) is 11.4. The number of carbonyl (C=O) groups is 1. The molecule has 1 heterocycles. The van der Waals surface area contributed by atoms with Gasteiger partial charge in [-0.3, -0.25) is 4.79 Å². The van der Waals surface area contributed by atoms with E-state index in [1.165, 1.54) is 6.07 Å². The van der Waals surface area contributed by atoms with E-state index in [2.05, 4.69) is 0 Å². The highest BCUT2D eigenvalue weighted by molar-refractivity contribution is 6.04. The van der Waals surface area contributed by atoms with Crippen LogP contribution in [0.2, 0.25) is 0 Å². The molecule has 0 fully saturated rings. The Morgan fingerprint density at radius 2 is 2.06 bits per heavy atom. The molecular weight excluding hydrogens is 220 g/mol. The third kappa shape index (κ3) is 1.93. The first-order chi connectivity index (χ1) is 8.15. The van der Waals surface area contributed by atoms with Gasteiger partial charge in [-0.2, -0.15) is 0 Å². The number of fused-ring (bicyclic) bond motifs is 1. The summed E-state index contributed by atoms with van der Waals surface area (Å²) in [4.78, 5) is 23.4. The molecule has 4 heteroatoms. The van der Waals surface area contributed by atoms with Crippen molar-refractivity contribution in [3.8, 4) is 0 Å². The standard InChI is InChI=1S/C13H12O4/c1-3-16-13(15)11-8(2)17-12-9(11)6-4-5-7-10(12)14/h4-7H,3H2,1-2H3. The third-order valence-electron chi connectivity index (χ3n) is 2.45. The monoisotopic (exact) mass is 232 g/mol. The molecule has 88 valence electrons. The summed E-state index contributed by atoms with van der Waals surface area (Å²) < 4.78 is 10.3. The van der Waals surface area contributed by atoms with Gasteiger partial charge in [-0.25, -0.2) is 4.79 Å². The van der Waals surface area contributed by atoms with Crippen LogP contribution in [0.1, 0.15) is 23.0 Å². The maximum Gasteiger partial charge on any atom is 0.342 e. The van der Waals surface area contributed by atoms with Gasteiger partial charge in [0.15, 0.2) is 5.58 Å². The van der Waals surface area contributed by atoms with Crippen LogP contribution in [0.5, 0.6) is 0 Å².